The van der Waals surface area contributed by atoms with Gasteiger partial charge >= 0.3 is 0 Å². The van der Waals surface area contributed by atoms with E-state index in [1.165, 1.54) is 0 Å². The molecule has 2 N–H and O–H groups in total. The predicted molar refractivity (Wildman–Crippen MR) is 126 cm³/mol. The van der Waals surface area contributed by atoms with E-state index in [0.717, 1.165) is 28.0 Å². The van der Waals surface area contributed by atoms with Crippen molar-refractivity contribution in [1.29, 1.82) is 5.26 Å². The summed E-state index contributed by atoms with van der Waals surface area (Å²) < 4.78 is 11.7. The molecule has 2 aromatic carbocycles. The Labute approximate surface area is 188 Å². The second kappa shape index (κ2) is 10.7. The van der Waals surface area contributed by atoms with Gasteiger partial charge in [0.25, 0.3) is 0 Å². The van der Waals surface area contributed by atoms with Crippen LogP contribution in [0.25, 0.3) is 11.0 Å². The predicted octanol–water partition coefficient (Wildman–Crippen LogP) is 4.75. The zero-order valence-corrected chi connectivity index (χ0v) is 19.1. The first-order valence-electron chi connectivity index (χ1n) is 9.26. The molecule has 1 aromatic heterocycles. The molecule has 3 rings (SSSR count). The van der Waals surface area contributed by atoms with Crippen LogP contribution in [0.2, 0.25) is 0 Å². The molecule has 0 amide bonds. The molecular weight excluding hydrogens is 479 g/mol. The van der Waals surface area contributed by atoms with Gasteiger partial charge in [0.1, 0.15) is 5.76 Å². The lowest BCUT2D eigenvalue weighted by Gasteiger charge is -2.16. The number of aliphatic imine (C=N–C) groups is 1. The lowest BCUT2D eigenvalue weighted by molar-refractivity contribution is 0.336. The number of ether oxygens (including phenoxy) is 1. The molecule has 0 aliphatic carbocycles. The van der Waals surface area contributed by atoms with Gasteiger partial charge in [-0.2, -0.15) is 5.26 Å². The summed E-state index contributed by atoms with van der Waals surface area (Å²) in [6.07, 6.45) is 0. The lowest BCUT2D eigenvalue weighted by atomic mass is 10.1. The molecule has 0 fully saturated rings. The van der Waals surface area contributed by atoms with Crippen LogP contribution < -0.4 is 15.4 Å². The number of rotatable bonds is 6. The maximum Gasteiger partial charge on any atom is 0.191 e. The summed E-state index contributed by atoms with van der Waals surface area (Å²) in [4.78, 5) is 4.28. The van der Waals surface area contributed by atoms with Crippen molar-refractivity contribution in [2.24, 2.45) is 4.99 Å². The van der Waals surface area contributed by atoms with Gasteiger partial charge in [0, 0.05) is 19.0 Å². The number of nitrogens with zero attached hydrogens (tertiary/aromatic N) is 2. The molecule has 7 heteroatoms. The number of hydrogen-bond donors (Lipinski definition) is 2. The first kappa shape index (κ1) is 22.6. The fourth-order valence-corrected chi connectivity index (χ4v) is 2.95. The highest BCUT2D eigenvalue weighted by Gasteiger charge is 2.15. The number of hydrogen-bond acceptors (Lipinski definition) is 4. The molecule has 152 valence electrons. The Morgan fingerprint density at radius 3 is 2.76 bits per heavy atom. The highest BCUT2D eigenvalue weighted by atomic mass is 127. The van der Waals surface area contributed by atoms with Crippen LogP contribution in [0.4, 0.5) is 0 Å². The summed E-state index contributed by atoms with van der Waals surface area (Å²) in [5.41, 5.74) is 2.41. The third-order valence-corrected chi connectivity index (χ3v) is 4.35. The zero-order valence-electron chi connectivity index (χ0n) is 16.7. The smallest absolute Gasteiger partial charge is 0.191 e. The van der Waals surface area contributed by atoms with E-state index < -0.39 is 0 Å². The first-order valence-corrected chi connectivity index (χ1v) is 9.26. The van der Waals surface area contributed by atoms with Crippen LogP contribution in [0.15, 0.2) is 57.9 Å². The van der Waals surface area contributed by atoms with E-state index in [-0.39, 0.29) is 30.0 Å². The number of guanidine groups is 1. The van der Waals surface area contributed by atoms with Gasteiger partial charge in [0.05, 0.1) is 24.3 Å². The molecule has 0 radical (unpaired) electrons. The normalized spacial score (nSPS) is 12.0. The zero-order chi connectivity index (χ0) is 19.9. The van der Waals surface area contributed by atoms with Crippen molar-refractivity contribution in [3.05, 3.63) is 65.4 Å². The molecule has 0 spiro atoms. The van der Waals surface area contributed by atoms with Crippen LogP contribution in [0, 0.1) is 11.3 Å². The van der Waals surface area contributed by atoms with Crippen LogP contribution in [0.5, 0.6) is 5.75 Å². The Morgan fingerprint density at radius 2 is 2.03 bits per heavy atom. The topological polar surface area (TPSA) is 82.6 Å². The van der Waals surface area contributed by atoms with Crippen molar-refractivity contribution in [1.82, 2.24) is 10.6 Å². The van der Waals surface area contributed by atoms with Crippen molar-refractivity contribution in [3.63, 3.8) is 0 Å². The number of halogens is 1. The Morgan fingerprint density at radius 1 is 1.24 bits per heavy atom. The lowest BCUT2D eigenvalue weighted by Crippen LogP contribution is -2.38. The molecular formula is C22H25IN4O2. The standard InChI is InChI=1S/C22H24N4O2.HI/c1-4-27-19-10-6-9-18-12-20(28-21(18)19)15(2)26-22(24-3)25-14-17-8-5-7-16(11-17)13-23;/h5-12,15H,4,14H2,1-3H3,(H2,24,25,26);1H. The fraction of sp³-hybridized carbons (Fsp3) is 0.273. The minimum Gasteiger partial charge on any atom is -0.490 e. The summed E-state index contributed by atoms with van der Waals surface area (Å²) in [7, 11) is 1.72. The Balaban J connectivity index is 0.00000300. The molecule has 0 saturated heterocycles. The van der Waals surface area contributed by atoms with E-state index in [2.05, 4.69) is 21.7 Å². The van der Waals surface area contributed by atoms with Gasteiger partial charge in [0.2, 0.25) is 0 Å². The number of nitriles is 1. The molecule has 3 aromatic rings. The second-order valence-corrected chi connectivity index (χ2v) is 6.36. The Bertz CT molecular complexity index is 1020. The number of nitrogens with one attached hydrogen (secondary N) is 2. The summed E-state index contributed by atoms with van der Waals surface area (Å²) in [5.74, 6) is 2.20. The molecule has 0 bridgehead atoms. The molecule has 1 heterocycles. The molecule has 0 aliphatic heterocycles. The molecule has 0 saturated carbocycles. The Hall–Kier alpha value is -2.73. The summed E-state index contributed by atoms with van der Waals surface area (Å²) in [5, 5.41) is 16.6. The summed E-state index contributed by atoms with van der Waals surface area (Å²) in [6.45, 7) is 5.12. The van der Waals surface area contributed by atoms with Crippen molar-refractivity contribution in [2.45, 2.75) is 26.4 Å². The molecule has 0 aliphatic rings. The molecule has 1 unspecified atom stereocenters. The van der Waals surface area contributed by atoms with Gasteiger partial charge < -0.3 is 19.8 Å². The summed E-state index contributed by atoms with van der Waals surface area (Å²) >= 11 is 0. The number of benzene rings is 2. The van der Waals surface area contributed by atoms with Gasteiger partial charge in [-0.1, -0.05) is 24.3 Å². The van der Waals surface area contributed by atoms with Gasteiger partial charge in [-0.05, 0) is 43.7 Å². The van der Waals surface area contributed by atoms with Crippen molar-refractivity contribution in [3.8, 4) is 11.8 Å². The average Bonchev–Trinajstić information content (AvgIpc) is 3.17. The monoisotopic (exact) mass is 504 g/mol. The van der Waals surface area contributed by atoms with Crippen LogP contribution in [0.1, 0.15) is 36.8 Å². The highest BCUT2D eigenvalue weighted by molar-refractivity contribution is 14.0. The number of para-hydroxylation sites is 1. The first-order chi connectivity index (χ1) is 13.6. The van der Waals surface area contributed by atoms with Gasteiger partial charge in [-0.3, -0.25) is 4.99 Å². The largest absolute Gasteiger partial charge is 0.490 e. The third kappa shape index (κ3) is 5.64. The highest BCUT2D eigenvalue weighted by Crippen LogP contribution is 2.31. The third-order valence-electron chi connectivity index (χ3n) is 4.35. The maximum atomic E-state index is 9.02. The number of furan rings is 1. The van der Waals surface area contributed by atoms with Crippen molar-refractivity contribution < 1.29 is 9.15 Å². The van der Waals surface area contributed by atoms with E-state index in [0.29, 0.717) is 24.7 Å². The quantitative estimate of drug-likeness (QED) is 0.288. The van der Waals surface area contributed by atoms with Gasteiger partial charge in [-0.25, -0.2) is 0 Å². The molecule has 29 heavy (non-hydrogen) atoms. The molecule has 6 nitrogen and oxygen atoms in total. The average molecular weight is 504 g/mol. The van der Waals surface area contributed by atoms with E-state index in [4.69, 9.17) is 14.4 Å². The van der Waals surface area contributed by atoms with E-state index >= 15 is 0 Å². The van der Waals surface area contributed by atoms with Crippen LogP contribution in [0.3, 0.4) is 0 Å². The minimum atomic E-state index is -0.0847. The van der Waals surface area contributed by atoms with Crippen molar-refractivity contribution in [2.75, 3.05) is 13.7 Å². The summed E-state index contributed by atoms with van der Waals surface area (Å²) in [6, 6.07) is 17.4. The van der Waals surface area contributed by atoms with Crippen LogP contribution >= 0.6 is 24.0 Å². The van der Waals surface area contributed by atoms with Crippen molar-refractivity contribution >= 4 is 40.9 Å². The van der Waals surface area contributed by atoms with Crippen LogP contribution in [-0.4, -0.2) is 19.6 Å². The van der Waals surface area contributed by atoms with E-state index in [9.17, 15) is 0 Å². The fourth-order valence-electron chi connectivity index (χ4n) is 2.95. The van der Waals surface area contributed by atoms with Gasteiger partial charge in [0.15, 0.2) is 17.3 Å². The van der Waals surface area contributed by atoms with E-state index in [1.807, 2.05) is 56.3 Å². The molecule has 1 atom stereocenters. The SMILES string of the molecule is CCOc1cccc2cc(C(C)NC(=NC)NCc3cccc(C#N)c3)oc12.I. The van der Waals surface area contributed by atoms with E-state index in [1.54, 1.807) is 13.1 Å². The van der Waals surface area contributed by atoms with Crippen LogP contribution in [-0.2, 0) is 6.54 Å². The maximum absolute atomic E-state index is 9.02. The number of fused-ring (bicyclic) bond motifs is 1. The second-order valence-electron chi connectivity index (χ2n) is 6.36. The Kier molecular flexibility index (Phi) is 8.34. The minimum absolute atomic E-state index is 0. The van der Waals surface area contributed by atoms with Gasteiger partial charge in [-0.15, -0.1) is 24.0 Å².